The van der Waals surface area contributed by atoms with E-state index in [2.05, 4.69) is 33.8 Å². The first-order valence-electron chi connectivity index (χ1n) is 7.97. The summed E-state index contributed by atoms with van der Waals surface area (Å²) in [6.45, 7) is -0.976. The van der Waals surface area contributed by atoms with Gasteiger partial charge in [-0.1, -0.05) is 0 Å². The number of rotatable bonds is 8. The van der Waals surface area contributed by atoms with E-state index in [0.717, 1.165) is 17.2 Å². The van der Waals surface area contributed by atoms with E-state index in [1.807, 2.05) is 0 Å². The summed E-state index contributed by atoms with van der Waals surface area (Å²) >= 11 is 0. The molecule has 2 aromatic rings. The van der Waals surface area contributed by atoms with Gasteiger partial charge in [0.05, 0.1) is 12.9 Å². The summed E-state index contributed by atoms with van der Waals surface area (Å²) in [7, 11) is -15.3. The fraction of sp³-hybridized carbons (Fsp3) is 0.500. The van der Waals surface area contributed by atoms with Gasteiger partial charge in [-0.25, -0.2) is 34.2 Å². The first kappa shape index (κ1) is 24.3. The van der Waals surface area contributed by atoms with Gasteiger partial charge in [0.2, 0.25) is 0 Å². The molecule has 2 aromatic heterocycles. The first-order chi connectivity index (χ1) is 14.2. The van der Waals surface area contributed by atoms with Crippen molar-refractivity contribution in [2.75, 3.05) is 12.3 Å². The molecule has 174 valence electrons. The SMILES string of the molecule is Nc1ncnc2c1ncn2[C@@H]1O[C@H](COP(=O)(O)OP(N)(=O)O)[C@@H](OP(=O)(O)O)[C@H]1O. The van der Waals surface area contributed by atoms with Gasteiger partial charge in [-0.05, 0) is 0 Å². The number of fused-ring (bicyclic) bond motifs is 1. The highest BCUT2D eigenvalue weighted by atomic mass is 31.3. The predicted octanol–water partition coefficient (Wildman–Crippen LogP) is -1.66. The second kappa shape index (κ2) is 8.53. The Hall–Kier alpha value is -1.36. The number of ether oxygens (including phenoxy) is 1. The van der Waals surface area contributed by atoms with Crippen molar-refractivity contribution >= 4 is 40.4 Å². The van der Waals surface area contributed by atoms with Gasteiger partial charge in [0.25, 0.3) is 0 Å². The van der Waals surface area contributed by atoms with Crippen molar-refractivity contribution in [3.63, 3.8) is 0 Å². The zero-order valence-corrected chi connectivity index (χ0v) is 17.7. The number of aromatic nitrogens is 4. The largest absolute Gasteiger partial charge is 0.480 e. The van der Waals surface area contributed by atoms with Crippen molar-refractivity contribution in [1.82, 2.24) is 19.5 Å². The van der Waals surface area contributed by atoms with Crippen LogP contribution >= 0.6 is 23.4 Å². The Balaban J connectivity index is 1.87. The predicted molar refractivity (Wildman–Crippen MR) is 97.4 cm³/mol. The van der Waals surface area contributed by atoms with Crippen molar-refractivity contribution < 1.29 is 56.5 Å². The van der Waals surface area contributed by atoms with Crippen molar-refractivity contribution in [2.24, 2.45) is 5.50 Å². The Morgan fingerprint density at radius 3 is 2.45 bits per heavy atom. The van der Waals surface area contributed by atoms with Gasteiger partial charge in [0.15, 0.2) is 17.7 Å². The lowest BCUT2D eigenvalue weighted by Crippen LogP contribution is -2.35. The first-order valence-corrected chi connectivity index (χ1v) is 12.6. The van der Waals surface area contributed by atoms with Crippen molar-refractivity contribution in [1.29, 1.82) is 0 Å². The van der Waals surface area contributed by atoms with E-state index >= 15 is 0 Å². The maximum absolute atomic E-state index is 11.7. The van der Waals surface area contributed by atoms with Gasteiger partial charge in [-0.2, -0.15) is 4.31 Å². The molecule has 31 heavy (non-hydrogen) atoms. The highest BCUT2D eigenvalue weighted by molar-refractivity contribution is 7.62. The van der Waals surface area contributed by atoms with Crippen molar-refractivity contribution in [3.05, 3.63) is 12.7 Å². The Kier molecular flexibility index (Phi) is 6.68. The molecule has 0 amide bonds. The molecule has 9 N–H and O–H groups in total. The Morgan fingerprint density at radius 2 is 1.84 bits per heavy atom. The van der Waals surface area contributed by atoms with E-state index in [0.29, 0.717) is 0 Å². The lowest BCUT2D eigenvalue weighted by molar-refractivity contribution is -0.0500. The van der Waals surface area contributed by atoms with E-state index in [9.17, 15) is 23.7 Å². The van der Waals surface area contributed by atoms with Crippen LogP contribution in [-0.2, 0) is 31.8 Å². The zero-order valence-electron chi connectivity index (χ0n) is 15.1. The number of hydrogen-bond acceptors (Lipinski definition) is 12. The van der Waals surface area contributed by atoms with E-state index < -0.39 is 54.5 Å². The molecule has 0 spiro atoms. The molecular formula is C10H17N6O12P3. The normalized spacial score (nSPS) is 28.5. The summed E-state index contributed by atoms with van der Waals surface area (Å²) in [5.74, 6) is 0.00715. The van der Waals surface area contributed by atoms with E-state index in [4.69, 9.17) is 25.2 Å². The molecule has 6 atom stereocenters. The molecular weight excluding hydrogens is 489 g/mol. The number of hydrogen-bond donors (Lipinski definition) is 7. The fourth-order valence-corrected chi connectivity index (χ4v) is 5.05. The number of aliphatic hydroxyl groups excluding tert-OH is 1. The molecule has 1 fully saturated rings. The molecule has 0 aliphatic carbocycles. The second-order valence-electron chi connectivity index (χ2n) is 6.11. The smallest absolute Gasteiger partial charge is 0.386 e. The van der Waals surface area contributed by atoms with Crippen LogP contribution in [0.3, 0.4) is 0 Å². The van der Waals surface area contributed by atoms with Gasteiger partial charge in [0.1, 0.15) is 30.2 Å². The second-order valence-corrected chi connectivity index (χ2v) is 10.3. The Morgan fingerprint density at radius 1 is 1.16 bits per heavy atom. The molecule has 3 rings (SSSR count). The third-order valence-corrected chi connectivity index (χ3v) is 6.61. The number of nitrogens with zero attached hydrogens (tertiary/aromatic N) is 4. The number of anilines is 1. The zero-order chi connectivity index (χ0) is 23.2. The van der Waals surface area contributed by atoms with Crippen LogP contribution in [0.15, 0.2) is 12.7 Å². The average Bonchev–Trinajstić information content (AvgIpc) is 3.13. The lowest BCUT2D eigenvalue weighted by Gasteiger charge is -2.21. The number of nitrogens with two attached hydrogens (primary N) is 2. The molecule has 3 heterocycles. The molecule has 1 saturated heterocycles. The van der Waals surface area contributed by atoms with E-state index in [1.165, 1.54) is 0 Å². The molecule has 0 saturated carbocycles. The molecule has 21 heteroatoms. The minimum atomic E-state index is -5.20. The summed E-state index contributed by atoms with van der Waals surface area (Å²) in [6.07, 6.45) is -4.31. The minimum absolute atomic E-state index is 0.00715. The Bertz CT molecular complexity index is 1100. The molecule has 1 aliphatic rings. The molecule has 18 nitrogen and oxygen atoms in total. The van der Waals surface area contributed by atoms with Gasteiger partial charge in [-0.3, -0.25) is 13.6 Å². The Labute approximate surface area is 172 Å². The molecule has 0 radical (unpaired) electrons. The summed E-state index contributed by atoms with van der Waals surface area (Å²) < 4.78 is 53.5. The van der Waals surface area contributed by atoms with Gasteiger partial charge in [0, 0.05) is 0 Å². The van der Waals surface area contributed by atoms with Crippen LogP contribution in [-0.4, -0.2) is 69.1 Å². The van der Waals surface area contributed by atoms with Crippen molar-refractivity contribution in [2.45, 2.75) is 24.5 Å². The highest BCUT2D eigenvalue weighted by Crippen LogP contribution is 2.56. The van der Waals surface area contributed by atoms with Gasteiger partial charge in [-0.15, -0.1) is 0 Å². The van der Waals surface area contributed by atoms with Crippen LogP contribution in [0.1, 0.15) is 6.23 Å². The van der Waals surface area contributed by atoms with Crippen LogP contribution < -0.4 is 11.2 Å². The number of nitrogen functional groups attached to an aromatic ring is 1. The van der Waals surface area contributed by atoms with Crippen LogP contribution in [0, 0.1) is 0 Å². The number of imidazole rings is 1. The van der Waals surface area contributed by atoms with Crippen molar-refractivity contribution in [3.8, 4) is 0 Å². The number of phosphoric ester groups is 2. The standard InChI is InChI=1S/C10H17N6O12P3/c11-8-5-9(14-2-13-8)16(3-15-5)10-6(17)7(27-30(20,21)22)4(26-10)1-25-31(23,24)28-29(12,18)19/h2-4,6-7,10,17H,1H2,(H,23,24)(H2,11,13,14)(H3,12,18,19)(H2,20,21,22)/t4-,6-,7-,10-/m1/s1. The fourth-order valence-electron chi connectivity index (χ4n) is 2.77. The van der Waals surface area contributed by atoms with Crippen LogP contribution in [0.4, 0.5) is 5.82 Å². The van der Waals surface area contributed by atoms with Crippen LogP contribution in [0.2, 0.25) is 0 Å². The maximum Gasteiger partial charge on any atom is 0.480 e. The average molecular weight is 506 g/mol. The quantitative estimate of drug-likeness (QED) is 0.197. The summed E-state index contributed by atoms with van der Waals surface area (Å²) in [5.41, 5.74) is 10.5. The molecule has 1 aliphatic heterocycles. The minimum Gasteiger partial charge on any atom is -0.386 e. The summed E-state index contributed by atoms with van der Waals surface area (Å²) in [5, 5.41) is 10.6. The van der Waals surface area contributed by atoms with E-state index in [-0.39, 0.29) is 17.0 Å². The summed E-state index contributed by atoms with van der Waals surface area (Å²) in [6, 6.07) is 0. The van der Waals surface area contributed by atoms with Gasteiger partial charge < -0.3 is 35.2 Å². The van der Waals surface area contributed by atoms with Crippen LogP contribution in [0.25, 0.3) is 11.2 Å². The topological polar surface area (TPSA) is 285 Å². The third kappa shape index (κ3) is 5.91. The third-order valence-electron chi connectivity index (χ3n) is 3.85. The van der Waals surface area contributed by atoms with E-state index in [1.54, 1.807) is 0 Å². The highest BCUT2D eigenvalue weighted by Gasteiger charge is 2.49. The molecule has 2 unspecified atom stereocenters. The molecule has 0 aromatic carbocycles. The summed E-state index contributed by atoms with van der Waals surface area (Å²) in [4.78, 5) is 48.2. The monoisotopic (exact) mass is 506 g/mol. The lowest BCUT2D eigenvalue weighted by atomic mass is 10.1. The maximum atomic E-state index is 11.7. The number of aliphatic hydroxyl groups is 1. The van der Waals surface area contributed by atoms with Crippen LogP contribution in [0.5, 0.6) is 0 Å². The molecule has 0 bridgehead atoms. The number of phosphoric acid groups is 2. The van der Waals surface area contributed by atoms with Gasteiger partial charge >= 0.3 is 23.4 Å².